The lowest BCUT2D eigenvalue weighted by Crippen LogP contribution is -2.01. The van der Waals surface area contributed by atoms with Crippen molar-refractivity contribution in [1.29, 1.82) is 0 Å². The highest BCUT2D eigenvalue weighted by molar-refractivity contribution is 5.68. The van der Waals surface area contributed by atoms with Gasteiger partial charge in [0, 0.05) is 6.42 Å². The van der Waals surface area contributed by atoms with E-state index in [0.29, 0.717) is 6.42 Å². The number of rotatable bonds is 3. The summed E-state index contributed by atoms with van der Waals surface area (Å²) in [5.74, 6) is -0.310. The van der Waals surface area contributed by atoms with Crippen LogP contribution in [0, 0.1) is 20.8 Å². The van der Waals surface area contributed by atoms with Crippen molar-refractivity contribution in [2.75, 3.05) is 7.11 Å². The number of hydrogen-bond donors (Lipinski definition) is 0. The standard InChI is InChI=1S/C9H12.C5H10O3/c1-7-5-4-6-8(2)9(7)3;1-3-4-5(6)8-7-2/h4-6H,1-3H3;3-4H2,1-2H3. The summed E-state index contributed by atoms with van der Waals surface area (Å²) in [5.41, 5.74) is 4.18. The fourth-order valence-electron chi connectivity index (χ4n) is 1.24. The highest BCUT2D eigenvalue weighted by Crippen LogP contribution is 2.09. The quantitative estimate of drug-likeness (QED) is 0.597. The largest absolute Gasteiger partial charge is 0.342 e. The van der Waals surface area contributed by atoms with Crippen molar-refractivity contribution in [3.05, 3.63) is 34.9 Å². The van der Waals surface area contributed by atoms with Crippen LogP contribution >= 0.6 is 0 Å². The molecular formula is C14H22O3. The molecule has 0 amide bonds. The molecule has 0 atom stereocenters. The minimum atomic E-state index is -0.310. The lowest BCUT2D eigenvalue weighted by Gasteiger charge is -2.00. The van der Waals surface area contributed by atoms with Crippen LogP contribution in [0.25, 0.3) is 0 Å². The first-order valence-electron chi connectivity index (χ1n) is 5.79. The molecule has 1 rings (SSSR count). The lowest BCUT2D eigenvalue weighted by molar-refractivity contribution is -0.254. The molecule has 0 spiro atoms. The predicted octanol–water partition coefficient (Wildman–Crippen LogP) is 3.50. The summed E-state index contributed by atoms with van der Waals surface area (Å²) in [6.07, 6.45) is 1.22. The smallest absolute Gasteiger partial charge is 0.299 e. The zero-order valence-corrected chi connectivity index (χ0v) is 11.4. The Hall–Kier alpha value is -1.35. The van der Waals surface area contributed by atoms with Crippen molar-refractivity contribution >= 4 is 5.97 Å². The van der Waals surface area contributed by atoms with E-state index < -0.39 is 0 Å². The Bertz CT molecular complexity index is 317. The second-order valence-electron chi connectivity index (χ2n) is 3.89. The van der Waals surface area contributed by atoms with E-state index in [1.807, 2.05) is 6.92 Å². The molecule has 0 unspecified atom stereocenters. The maximum Gasteiger partial charge on any atom is 0.342 e. The van der Waals surface area contributed by atoms with Crippen LogP contribution in [0.2, 0.25) is 0 Å². The topological polar surface area (TPSA) is 35.5 Å². The first-order chi connectivity index (χ1) is 8.02. The molecule has 3 nitrogen and oxygen atoms in total. The molecule has 0 aliphatic heterocycles. The van der Waals surface area contributed by atoms with E-state index in [1.54, 1.807) is 0 Å². The van der Waals surface area contributed by atoms with Crippen molar-refractivity contribution in [1.82, 2.24) is 0 Å². The predicted molar refractivity (Wildman–Crippen MR) is 68.7 cm³/mol. The third-order valence-electron chi connectivity index (χ3n) is 2.51. The first kappa shape index (κ1) is 15.7. The summed E-state index contributed by atoms with van der Waals surface area (Å²) in [6, 6.07) is 6.38. The molecule has 0 heterocycles. The Morgan fingerprint density at radius 3 is 2.06 bits per heavy atom. The third-order valence-corrected chi connectivity index (χ3v) is 2.51. The van der Waals surface area contributed by atoms with Gasteiger partial charge in [0.1, 0.15) is 0 Å². The monoisotopic (exact) mass is 238 g/mol. The summed E-state index contributed by atoms with van der Waals surface area (Å²) in [5, 5.41) is 0. The SMILES string of the molecule is CCCC(=O)OOC.Cc1cccc(C)c1C. The minimum Gasteiger partial charge on any atom is -0.299 e. The van der Waals surface area contributed by atoms with Gasteiger partial charge in [-0.15, -0.1) is 0 Å². The van der Waals surface area contributed by atoms with Gasteiger partial charge in [-0.3, -0.25) is 4.89 Å². The van der Waals surface area contributed by atoms with E-state index in [2.05, 4.69) is 48.7 Å². The summed E-state index contributed by atoms with van der Waals surface area (Å²) in [6.45, 7) is 8.34. The summed E-state index contributed by atoms with van der Waals surface area (Å²) in [7, 11) is 1.31. The molecule has 0 aliphatic rings. The van der Waals surface area contributed by atoms with Gasteiger partial charge >= 0.3 is 5.97 Å². The van der Waals surface area contributed by atoms with Crippen LogP contribution in [-0.2, 0) is 14.6 Å². The fraction of sp³-hybridized carbons (Fsp3) is 0.500. The molecule has 0 N–H and O–H groups in total. The van der Waals surface area contributed by atoms with Gasteiger partial charge in [0.15, 0.2) is 0 Å². The molecule has 3 heteroatoms. The van der Waals surface area contributed by atoms with E-state index in [1.165, 1.54) is 23.8 Å². The number of carbonyl (C=O) groups is 1. The highest BCUT2D eigenvalue weighted by Gasteiger charge is 1.97. The van der Waals surface area contributed by atoms with Crippen molar-refractivity contribution in [2.24, 2.45) is 0 Å². The molecule has 0 fully saturated rings. The Morgan fingerprint density at radius 1 is 1.18 bits per heavy atom. The van der Waals surface area contributed by atoms with E-state index >= 15 is 0 Å². The van der Waals surface area contributed by atoms with Crippen LogP contribution in [-0.4, -0.2) is 13.1 Å². The zero-order chi connectivity index (χ0) is 13.3. The second-order valence-corrected chi connectivity index (χ2v) is 3.89. The Morgan fingerprint density at radius 2 is 1.71 bits per heavy atom. The molecule has 0 aromatic heterocycles. The summed E-state index contributed by atoms with van der Waals surface area (Å²) >= 11 is 0. The maximum absolute atomic E-state index is 10.3. The molecule has 0 saturated heterocycles. The molecular weight excluding hydrogens is 216 g/mol. The van der Waals surface area contributed by atoms with Crippen molar-refractivity contribution in [2.45, 2.75) is 40.5 Å². The lowest BCUT2D eigenvalue weighted by atomic mass is 10.1. The van der Waals surface area contributed by atoms with Gasteiger partial charge in [-0.1, -0.05) is 25.1 Å². The normalized spacial score (nSPS) is 9.24. The van der Waals surface area contributed by atoms with Crippen LogP contribution in [0.15, 0.2) is 18.2 Å². The average Bonchev–Trinajstić information content (AvgIpc) is 2.27. The van der Waals surface area contributed by atoms with E-state index in [-0.39, 0.29) is 5.97 Å². The second kappa shape index (κ2) is 8.76. The Labute approximate surface area is 104 Å². The van der Waals surface area contributed by atoms with Gasteiger partial charge < -0.3 is 0 Å². The highest BCUT2D eigenvalue weighted by atomic mass is 17.2. The summed E-state index contributed by atoms with van der Waals surface area (Å²) < 4.78 is 0. The minimum absolute atomic E-state index is 0.310. The van der Waals surface area contributed by atoms with Crippen LogP contribution in [0.5, 0.6) is 0 Å². The molecule has 1 aromatic carbocycles. The number of hydrogen-bond acceptors (Lipinski definition) is 3. The molecule has 17 heavy (non-hydrogen) atoms. The van der Waals surface area contributed by atoms with Gasteiger partial charge in [0.2, 0.25) is 0 Å². The number of benzene rings is 1. The summed E-state index contributed by atoms with van der Waals surface area (Å²) in [4.78, 5) is 18.5. The Balaban J connectivity index is 0.000000304. The van der Waals surface area contributed by atoms with Gasteiger partial charge in [0.05, 0.1) is 7.11 Å². The zero-order valence-electron chi connectivity index (χ0n) is 11.4. The van der Waals surface area contributed by atoms with E-state index in [0.717, 1.165) is 6.42 Å². The van der Waals surface area contributed by atoms with Gasteiger partial charge in [0.25, 0.3) is 0 Å². The van der Waals surface area contributed by atoms with Crippen molar-refractivity contribution in [3.8, 4) is 0 Å². The van der Waals surface area contributed by atoms with E-state index in [9.17, 15) is 4.79 Å². The molecule has 1 aromatic rings. The fourth-order valence-corrected chi connectivity index (χ4v) is 1.24. The molecule has 96 valence electrons. The van der Waals surface area contributed by atoms with E-state index in [4.69, 9.17) is 0 Å². The third kappa shape index (κ3) is 6.74. The van der Waals surface area contributed by atoms with Crippen LogP contribution in [0.3, 0.4) is 0 Å². The van der Waals surface area contributed by atoms with Gasteiger partial charge in [-0.05, 0) is 43.9 Å². The molecule has 0 saturated carbocycles. The molecule has 0 bridgehead atoms. The van der Waals surface area contributed by atoms with Gasteiger partial charge in [-0.25, -0.2) is 4.79 Å². The Kier molecular flexibility index (Phi) is 8.07. The maximum atomic E-state index is 10.3. The van der Waals surface area contributed by atoms with Crippen LogP contribution < -0.4 is 0 Å². The van der Waals surface area contributed by atoms with Crippen LogP contribution in [0.1, 0.15) is 36.5 Å². The first-order valence-corrected chi connectivity index (χ1v) is 5.79. The van der Waals surface area contributed by atoms with Crippen LogP contribution in [0.4, 0.5) is 0 Å². The molecule has 0 radical (unpaired) electrons. The van der Waals surface area contributed by atoms with Crippen molar-refractivity contribution in [3.63, 3.8) is 0 Å². The number of aryl methyl sites for hydroxylation is 2. The molecule has 0 aliphatic carbocycles. The van der Waals surface area contributed by atoms with Crippen molar-refractivity contribution < 1.29 is 14.6 Å². The number of carbonyl (C=O) groups excluding carboxylic acids is 1. The van der Waals surface area contributed by atoms with Gasteiger partial charge in [-0.2, -0.15) is 4.89 Å². The average molecular weight is 238 g/mol.